The monoisotopic (exact) mass is 346 g/mol. The van der Waals surface area contributed by atoms with Crippen molar-refractivity contribution in [1.29, 1.82) is 0 Å². The molecule has 1 N–H and O–H groups in total. The van der Waals surface area contributed by atoms with Crippen LogP contribution in [0, 0.1) is 5.41 Å². The topological polar surface area (TPSA) is 58.1 Å². The van der Waals surface area contributed by atoms with Gasteiger partial charge in [0.15, 0.2) is 0 Å². The van der Waals surface area contributed by atoms with Gasteiger partial charge in [-0.05, 0) is 62.4 Å². The van der Waals surface area contributed by atoms with Crippen LogP contribution in [0.25, 0.3) is 11.0 Å². The fourth-order valence-electron chi connectivity index (χ4n) is 3.92. The van der Waals surface area contributed by atoms with E-state index >= 15 is 0 Å². The molecule has 5 nitrogen and oxygen atoms in total. The van der Waals surface area contributed by atoms with Gasteiger partial charge in [-0.15, -0.1) is 12.4 Å². The van der Waals surface area contributed by atoms with Gasteiger partial charge >= 0.3 is 0 Å². The molecule has 6 heteroatoms. The van der Waals surface area contributed by atoms with Crippen molar-refractivity contribution < 1.29 is 4.79 Å². The van der Waals surface area contributed by atoms with Crippen LogP contribution in [0.3, 0.4) is 0 Å². The van der Waals surface area contributed by atoms with Gasteiger partial charge in [0, 0.05) is 31.0 Å². The maximum atomic E-state index is 12.8. The summed E-state index contributed by atoms with van der Waals surface area (Å²) in [6, 6.07) is 5.61. The molecular formula is C18H23ClN4O. The van der Waals surface area contributed by atoms with E-state index in [1.165, 1.54) is 12.8 Å². The number of halogens is 1. The molecular weight excluding hydrogens is 324 g/mol. The summed E-state index contributed by atoms with van der Waals surface area (Å²) in [4.78, 5) is 23.3. The molecule has 3 heterocycles. The minimum atomic E-state index is 0. The van der Waals surface area contributed by atoms with Gasteiger partial charge in [0.1, 0.15) is 0 Å². The molecule has 1 spiro atoms. The summed E-state index contributed by atoms with van der Waals surface area (Å²) in [5, 5.41) is 3.44. The third-order valence-electron chi connectivity index (χ3n) is 5.49. The number of hydrogen-bond donors (Lipinski definition) is 1. The number of amides is 1. The molecule has 2 fully saturated rings. The van der Waals surface area contributed by atoms with Crippen LogP contribution in [-0.4, -0.2) is 47.0 Å². The highest BCUT2D eigenvalue weighted by atomic mass is 35.5. The van der Waals surface area contributed by atoms with E-state index in [4.69, 9.17) is 0 Å². The van der Waals surface area contributed by atoms with Crippen molar-refractivity contribution >= 4 is 29.3 Å². The number of likely N-dealkylation sites (tertiary alicyclic amines) is 1. The van der Waals surface area contributed by atoms with Crippen molar-refractivity contribution in [2.24, 2.45) is 5.41 Å². The third kappa shape index (κ3) is 3.23. The van der Waals surface area contributed by atoms with Gasteiger partial charge in [0.25, 0.3) is 5.91 Å². The highest BCUT2D eigenvalue weighted by Gasteiger charge is 2.36. The first kappa shape index (κ1) is 17.1. The summed E-state index contributed by atoms with van der Waals surface area (Å²) in [6.07, 6.45) is 8.11. The molecule has 2 aromatic rings. The number of benzene rings is 1. The first-order chi connectivity index (χ1) is 11.3. The van der Waals surface area contributed by atoms with Crippen molar-refractivity contribution in [2.75, 3.05) is 26.2 Å². The van der Waals surface area contributed by atoms with Gasteiger partial charge in [-0.25, -0.2) is 0 Å². The number of fused-ring (bicyclic) bond motifs is 1. The SMILES string of the molecule is Cl.O=C(c1ccc2nccnc2c1)N1CCC2(CCNCC2)CC1. The summed E-state index contributed by atoms with van der Waals surface area (Å²) in [6.45, 7) is 3.99. The average Bonchev–Trinajstić information content (AvgIpc) is 2.62. The van der Waals surface area contributed by atoms with Gasteiger partial charge in [-0.3, -0.25) is 14.8 Å². The van der Waals surface area contributed by atoms with Gasteiger partial charge < -0.3 is 10.2 Å². The van der Waals surface area contributed by atoms with Crippen molar-refractivity contribution in [2.45, 2.75) is 25.7 Å². The fraction of sp³-hybridized carbons (Fsp3) is 0.500. The molecule has 0 radical (unpaired) electrons. The summed E-state index contributed by atoms with van der Waals surface area (Å²) < 4.78 is 0. The normalized spacial score (nSPS) is 19.9. The molecule has 0 aliphatic carbocycles. The van der Waals surface area contributed by atoms with Crippen LogP contribution in [0.5, 0.6) is 0 Å². The number of nitrogens with one attached hydrogen (secondary N) is 1. The van der Waals surface area contributed by atoms with Crippen LogP contribution < -0.4 is 5.32 Å². The molecule has 1 aromatic carbocycles. The van der Waals surface area contributed by atoms with E-state index in [1.807, 2.05) is 23.1 Å². The number of rotatable bonds is 1. The van der Waals surface area contributed by atoms with E-state index in [2.05, 4.69) is 15.3 Å². The minimum absolute atomic E-state index is 0. The Hall–Kier alpha value is -1.72. The van der Waals surface area contributed by atoms with Gasteiger partial charge in [-0.1, -0.05) is 0 Å². The molecule has 0 unspecified atom stereocenters. The molecule has 128 valence electrons. The molecule has 4 rings (SSSR count). The van der Waals surface area contributed by atoms with Crippen LogP contribution >= 0.6 is 12.4 Å². The number of piperidine rings is 2. The van der Waals surface area contributed by atoms with Crippen LogP contribution in [-0.2, 0) is 0 Å². The Morgan fingerprint density at radius 1 is 1.00 bits per heavy atom. The Balaban J connectivity index is 0.00000169. The standard InChI is InChI=1S/C18H22N4O.ClH/c23-17(14-1-2-15-16(13-14)21-10-9-20-15)22-11-5-18(6-12-22)3-7-19-8-4-18;/h1-2,9-10,13,19H,3-8,11-12H2;1H. The van der Waals surface area contributed by atoms with Crippen LogP contribution in [0.2, 0.25) is 0 Å². The first-order valence-electron chi connectivity index (χ1n) is 8.47. The predicted octanol–water partition coefficient (Wildman–Crippen LogP) is 2.66. The first-order valence-corrected chi connectivity index (χ1v) is 8.47. The van der Waals surface area contributed by atoms with Crippen molar-refractivity contribution in [3.05, 3.63) is 36.2 Å². The van der Waals surface area contributed by atoms with Crippen molar-refractivity contribution in [3.8, 4) is 0 Å². The molecule has 2 saturated heterocycles. The number of carbonyl (C=O) groups is 1. The van der Waals surface area contributed by atoms with Crippen molar-refractivity contribution in [3.63, 3.8) is 0 Å². The zero-order valence-corrected chi connectivity index (χ0v) is 14.5. The number of aromatic nitrogens is 2. The van der Waals surface area contributed by atoms with E-state index < -0.39 is 0 Å². The highest BCUT2D eigenvalue weighted by Crippen LogP contribution is 2.39. The largest absolute Gasteiger partial charge is 0.339 e. The molecule has 2 aliphatic rings. The molecule has 24 heavy (non-hydrogen) atoms. The molecule has 1 aromatic heterocycles. The predicted molar refractivity (Wildman–Crippen MR) is 96.5 cm³/mol. The second-order valence-electron chi connectivity index (χ2n) is 6.80. The highest BCUT2D eigenvalue weighted by molar-refractivity contribution is 5.97. The Bertz CT molecular complexity index is 720. The van der Waals surface area contributed by atoms with Crippen molar-refractivity contribution in [1.82, 2.24) is 20.2 Å². The number of nitrogens with zero attached hydrogens (tertiary/aromatic N) is 3. The summed E-state index contributed by atoms with van der Waals surface area (Å²) in [5.41, 5.74) is 2.80. The lowest BCUT2D eigenvalue weighted by Gasteiger charge is -2.44. The van der Waals surface area contributed by atoms with Crippen LogP contribution in [0.1, 0.15) is 36.0 Å². The van der Waals surface area contributed by atoms with Crippen LogP contribution in [0.4, 0.5) is 0 Å². The van der Waals surface area contributed by atoms with E-state index in [9.17, 15) is 4.79 Å². The maximum absolute atomic E-state index is 12.8. The van der Waals surface area contributed by atoms with E-state index in [-0.39, 0.29) is 18.3 Å². The van der Waals surface area contributed by atoms with E-state index in [0.717, 1.165) is 55.6 Å². The number of carbonyl (C=O) groups excluding carboxylic acids is 1. The molecule has 2 aliphatic heterocycles. The zero-order valence-electron chi connectivity index (χ0n) is 13.7. The number of hydrogen-bond acceptors (Lipinski definition) is 4. The lowest BCUT2D eigenvalue weighted by molar-refractivity contribution is 0.0496. The summed E-state index contributed by atoms with van der Waals surface area (Å²) >= 11 is 0. The third-order valence-corrected chi connectivity index (χ3v) is 5.49. The Morgan fingerprint density at radius 2 is 1.67 bits per heavy atom. The lowest BCUT2D eigenvalue weighted by Crippen LogP contribution is -2.47. The molecule has 1 amide bonds. The van der Waals surface area contributed by atoms with Gasteiger partial charge in [-0.2, -0.15) is 0 Å². The van der Waals surface area contributed by atoms with E-state index in [1.54, 1.807) is 12.4 Å². The smallest absolute Gasteiger partial charge is 0.253 e. The van der Waals surface area contributed by atoms with Gasteiger partial charge in [0.05, 0.1) is 11.0 Å². The molecule has 0 atom stereocenters. The fourth-order valence-corrected chi connectivity index (χ4v) is 3.92. The Labute approximate surface area is 148 Å². The quantitative estimate of drug-likeness (QED) is 0.862. The second-order valence-corrected chi connectivity index (χ2v) is 6.80. The maximum Gasteiger partial charge on any atom is 0.253 e. The Kier molecular flexibility index (Phi) is 5.01. The second kappa shape index (κ2) is 7.03. The zero-order chi connectivity index (χ0) is 15.7. The minimum Gasteiger partial charge on any atom is -0.339 e. The van der Waals surface area contributed by atoms with Crippen LogP contribution in [0.15, 0.2) is 30.6 Å². The van der Waals surface area contributed by atoms with E-state index in [0.29, 0.717) is 5.41 Å². The molecule has 0 bridgehead atoms. The Morgan fingerprint density at radius 3 is 2.38 bits per heavy atom. The lowest BCUT2D eigenvalue weighted by atomic mass is 9.71. The van der Waals surface area contributed by atoms with Gasteiger partial charge in [0.2, 0.25) is 0 Å². The summed E-state index contributed by atoms with van der Waals surface area (Å²) in [7, 11) is 0. The summed E-state index contributed by atoms with van der Waals surface area (Å²) in [5.74, 6) is 0.126. The molecule has 0 saturated carbocycles. The average molecular weight is 347 g/mol.